The fourth-order valence-corrected chi connectivity index (χ4v) is 2.40. The molecular weight excluding hydrogens is 301 g/mol. The van der Waals surface area contributed by atoms with E-state index in [4.69, 9.17) is 9.47 Å². The maximum atomic E-state index is 12.8. The molecule has 122 valence electrons. The third kappa shape index (κ3) is 3.87. The Morgan fingerprint density at radius 3 is 2.96 bits per heavy atom. The molecule has 3 rings (SSSR count). The summed E-state index contributed by atoms with van der Waals surface area (Å²) in [7, 11) is 0. The number of aromatic amines is 1. The maximum Gasteiger partial charge on any atom is 0.260 e. The number of ether oxygens (including phenoxy) is 2. The molecular formula is C16H18FN3O3. The van der Waals surface area contributed by atoms with Crippen molar-refractivity contribution in [2.24, 2.45) is 0 Å². The molecule has 0 bridgehead atoms. The SMILES string of the molecule is Cc1cnc(C2CN(C(=O)COc3ccc(F)cc3)CCO2)[nH]1. The number of nitrogens with zero attached hydrogens (tertiary/aromatic N) is 2. The summed E-state index contributed by atoms with van der Waals surface area (Å²) in [4.78, 5) is 21.3. The number of aromatic nitrogens is 2. The zero-order chi connectivity index (χ0) is 16.2. The summed E-state index contributed by atoms with van der Waals surface area (Å²) in [6, 6.07) is 5.58. The minimum Gasteiger partial charge on any atom is -0.484 e. The van der Waals surface area contributed by atoms with Crippen LogP contribution in [0.2, 0.25) is 0 Å². The van der Waals surface area contributed by atoms with Gasteiger partial charge in [-0.3, -0.25) is 4.79 Å². The van der Waals surface area contributed by atoms with Crippen LogP contribution >= 0.6 is 0 Å². The molecule has 1 saturated heterocycles. The Morgan fingerprint density at radius 2 is 2.26 bits per heavy atom. The van der Waals surface area contributed by atoms with Crippen molar-refractivity contribution in [2.45, 2.75) is 13.0 Å². The van der Waals surface area contributed by atoms with Gasteiger partial charge in [0.05, 0.1) is 13.2 Å². The van der Waals surface area contributed by atoms with Gasteiger partial charge in [-0.25, -0.2) is 9.37 Å². The number of imidazole rings is 1. The number of hydrogen-bond donors (Lipinski definition) is 1. The summed E-state index contributed by atoms with van der Waals surface area (Å²) in [5, 5.41) is 0. The minimum absolute atomic E-state index is 0.0878. The average molecular weight is 319 g/mol. The van der Waals surface area contributed by atoms with Gasteiger partial charge in [0.2, 0.25) is 0 Å². The fourth-order valence-electron chi connectivity index (χ4n) is 2.40. The molecule has 0 radical (unpaired) electrons. The lowest BCUT2D eigenvalue weighted by Gasteiger charge is -2.32. The fraction of sp³-hybridized carbons (Fsp3) is 0.375. The van der Waals surface area contributed by atoms with Crippen molar-refractivity contribution < 1.29 is 18.7 Å². The van der Waals surface area contributed by atoms with Gasteiger partial charge in [-0.05, 0) is 31.2 Å². The van der Waals surface area contributed by atoms with Gasteiger partial charge in [-0.15, -0.1) is 0 Å². The van der Waals surface area contributed by atoms with E-state index in [1.165, 1.54) is 24.3 Å². The molecule has 1 amide bonds. The number of carbonyl (C=O) groups is 1. The third-order valence-corrected chi connectivity index (χ3v) is 3.62. The van der Waals surface area contributed by atoms with Gasteiger partial charge in [0, 0.05) is 18.4 Å². The molecule has 7 heteroatoms. The van der Waals surface area contributed by atoms with Gasteiger partial charge < -0.3 is 19.4 Å². The smallest absolute Gasteiger partial charge is 0.260 e. The third-order valence-electron chi connectivity index (χ3n) is 3.62. The van der Waals surface area contributed by atoms with E-state index >= 15 is 0 Å². The predicted octanol–water partition coefficient (Wildman–Crippen LogP) is 1.84. The second kappa shape index (κ2) is 6.78. The molecule has 2 aromatic rings. The number of benzene rings is 1. The average Bonchev–Trinajstić information content (AvgIpc) is 3.01. The highest BCUT2D eigenvalue weighted by Gasteiger charge is 2.27. The van der Waals surface area contributed by atoms with Crippen molar-refractivity contribution >= 4 is 5.91 Å². The first-order valence-electron chi connectivity index (χ1n) is 7.41. The van der Waals surface area contributed by atoms with E-state index in [1.54, 1.807) is 11.1 Å². The van der Waals surface area contributed by atoms with E-state index in [0.717, 1.165) is 11.5 Å². The van der Waals surface area contributed by atoms with Crippen LogP contribution in [-0.4, -0.2) is 47.1 Å². The van der Waals surface area contributed by atoms with Gasteiger partial charge in [-0.2, -0.15) is 0 Å². The van der Waals surface area contributed by atoms with Crippen LogP contribution in [0.5, 0.6) is 5.75 Å². The number of H-pyrrole nitrogens is 1. The van der Waals surface area contributed by atoms with Crippen LogP contribution in [0.25, 0.3) is 0 Å². The first-order chi connectivity index (χ1) is 11.1. The first-order valence-corrected chi connectivity index (χ1v) is 7.41. The number of amides is 1. The standard InChI is InChI=1S/C16H18FN3O3/c1-11-8-18-16(19-11)14-9-20(6-7-22-14)15(21)10-23-13-4-2-12(17)3-5-13/h2-5,8,14H,6-7,9-10H2,1H3,(H,18,19). The molecule has 1 atom stereocenters. The summed E-state index contributed by atoms with van der Waals surface area (Å²) in [6.45, 7) is 3.22. The summed E-state index contributed by atoms with van der Waals surface area (Å²) >= 11 is 0. The summed E-state index contributed by atoms with van der Waals surface area (Å²) in [6.07, 6.45) is 1.48. The van der Waals surface area contributed by atoms with Crippen molar-refractivity contribution in [3.8, 4) is 5.75 Å². The van der Waals surface area contributed by atoms with Gasteiger partial charge in [-0.1, -0.05) is 0 Å². The van der Waals surface area contributed by atoms with Crippen LogP contribution in [0.15, 0.2) is 30.5 Å². The molecule has 1 fully saturated rings. The number of morpholine rings is 1. The molecule has 1 aromatic heterocycles. The summed E-state index contributed by atoms with van der Waals surface area (Å²) in [5.74, 6) is 0.713. The van der Waals surface area contributed by atoms with Gasteiger partial charge in [0.25, 0.3) is 5.91 Å². The molecule has 1 aromatic carbocycles. The zero-order valence-corrected chi connectivity index (χ0v) is 12.8. The molecule has 1 aliphatic rings. The van der Waals surface area contributed by atoms with Gasteiger partial charge in [0.1, 0.15) is 23.5 Å². The Morgan fingerprint density at radius 1 is 1.48 bits per heavy atom. The zero-order valence-electron chi connectivity index (χ0n) is 12.8. The van der Waals surface area contributed by atoms with E-state index in [0.29, 0.717) is 25.4 Å². The quantitative estimate of drug-likeness (QED) is 0.934. The largest absolute Gasteiger partial charge is 0.484 e. The Labute approximate surface area is 133 Å². The van der Waals surface area contributed by atoms with Crippen LogP contribution in [0.3, 0.4) is 0 Å². The van der Waals surface area contributed by atoms with Crippen molar-refractivity contribution in [1.29, 1.82) is 0 Å². The normalized spacial score (nSPS) is 18.0. The number of carbonyl (C=O) groups excluding carboxylic acids is 1. The molecule has 2 heterocycles. The highest BCUT2D eigenvalue weighted by molar-refractivity contribution is 5.77. The van der Waals surface area contributed by atoms with Crippen molar-refractivity contribution in [3.05, 3.63) is 47.8 Å². The molecule has 0 spiro atoms. The number of rotatable bonds is 4. The lowest BCUT2D eigenvalue weighted by atomic mass is 10.2. The maximum absolute atomic E-state index is 12.8. The van der Waals surface area contributed by atoms with E-state index in [2.05, 4.69) is 9.97 Å². The van der Waals surface area contributed by atoms with Crippen LogP contribution in [-0.2, 0) is 9.53 Å². The Hall–Kier alpha value is -2.41. The van der Waals surface area contributed by atoms with Crippen LogP contribution in [0.4, 0.5) is 4.39 Å². The highest BCUT2D eigenvalue weighted by atomic mass is 19.1. The molecule has 0 saturated carbocycles. The number of aryl methyl sites for hydroxylation is 1. The number of halogens is 1. The Balaban J connectivity index is 1.55. The van der Waals surface area contributed by atoms with E-state index in [1.807, 2.05) is 6.92 Å². The van der Waals surface area contributed by atoms with Crippen LogP contribution in [0, 0.1) is 12.7 Å². The van der Waals surface area contributed by atoms with Gasteiger partial charge in [0.15, 0.2) is 6.61 Å². The minimum atomic E-state index is -0.339. The second-order valence-electron chi connectivity index (χ2n) is 5.39. The summed E-state index contributed by atoms with van der Waals surface area (Å²) in [5.41, 5.74) is 0.951. The molecule has 1 N–H and O–H groups in total. The Bertz CT molecular complexity index is 671. The molecule has 6 nitrogen and oxygen atoms in total. The van der Waals surface area contributed by atoms with Crippen molar-refractivity contribution in [3.63, 3.8) is 0 Å². The monoisotopic (exact) mass is 319 g/mol. The van der Waals surface area contributed by atoms with Crippen molar-refractivity contribution in [1.82, 2.24) is 14.9 Å². The highest BCUT2D eigenvalue weighted by Crippen LogP contribution is 2.20. The molecule has 1 aliphatic heterocycles. The predicted molar refractivity (Wildman–Crippen MR) is 80.5 cm³/mol. The van der Waals surface area contributed by atoms with Crippen LogP contribution in [0.1, 0.15) is 17.6 Å². The molecule has 0 aliphatic carbocycles. The molecule has 1 unspecified atom stereocenters. The lowest BCUT2D eigenvalue weighted by molar-refractivity contribution is -0.141. The van der Waals surface area contributed by atoms with Crippen molar-refractivity contribution in [2.75, 3.05) is 26.3 Å². The van der Waals surface area contributed by atoms with E-state index in [-0.39, 0.29) is 24.4 Å². The first kappa shape index (κ1) is 15.5. The van der Waals surface area contributed by atoms with Gasteiger partial charge >= 0.3 is 0 Å². The second-order valence-corrected chi connectivity index (χ2v) is 5.39. The number of nitrogens with one attached hydrogen (secondary N) is 1. The van der Waals surface area contributed by atoms with E-state index in [9.17, 15) is 9.18 Å². The lowest BCUT2D eigenvalue weighted by Crippen LogP contribution is -2.44. The molecule has 23 heavy (non-hydrogen) atoms. The Kier molecular flexibility index (Phi) is 4.57. The number of hydrogen-bond acceptors (Lipinski definition) is 4. The van der Waals surface area contributed by atoms with Crippen LogP contribution < -0.4 is 4.74 Å². The summed E-state index contributed by atoms with van der Waals surface area (Å²) < 4.78 is 23.9. The topological polar surface area (TPSA) is 67.5 Å². The van der Waals surface area contributed by atoms with E-state index < -0.39 is 0 Å².